The molecule has 0 radical (unpaired) electrons. The molecule has 0 unspecified atom stereocenters. The fourth-order valence-corrected chi connectivity index (χ4v) is 2.10. The summed E-state index contributed by atoms with van der Waals surface area (Å²) in [6.45, 7) is 1.49. The Bertz CT molecular complexity index is 528. The first-order chi connectivity index (χ1) is 7.09. The van der Waals surface area contributed by atoms with Crippen molar-refractivity contribution in [2.75, 3.05) is 0 Å². The number of carbonyl (C=O) groups excluding carboxylic acids is 1. The van der Waals surface area contributed by atoms with Gasteiger partial charge in [-0.05, 0) is 35.0 Å². The van der Waals surface area contributed by atoms with Gasteiger partial charge in [0, 0.05) is 17.4 Å². The van der Waals surface area contributed by atoms with E-state index in [1.807, 2.05) is 0 Å². The molecule has 0 saturated heterocycles. The topological polar surface area (TPSA) is 50.4 Å². The third-order valence-corrected chi connectivity index (χ3v) is 2.91. The van der Waals surface area contributed by atoms with Gasteiger partial charge < -0.3 is 9.52 Å². The van der Waals surface area contributed by atoms with Crippen LogP contribution in [0, 0.1) is 0 Å². The number of halogens is 1. The monoisotopic (exact) mass is 268 g/mol. The van der Waals surface area contributed by atoms with Crippen molar-refractivity contribution in [3.63, 3.8) is 0 Å². The van der Waals surface area contributed by atoms with E-state index >= 15 is 0 Å². The number of furan rings is 1. The van der Waals surface area contributed by atoms with Crippen molar-refractivity contribution < 1.29 is 14.3 Å². The summed E-state index contributed by atoms with van der Waals surface area (Å²) in [4.78, 5) is 11.0. The van der Waals surface area contributed by atoms with Gasteiger partial charge >= 0.3 is 0 Å². The fraction of sp³-hybridized carbons (Fsp3) is 0.182. The van der Waals surface area contributed by atoms with Gasteiger partial charge in [0.1, 0.15) is 16.0 Å². The number of hydrogen-bond acceptors (Lipinski definition) is 3. The SMILES string of the molecule is CC(=O)Cc1cc2ccoc2c(Br)c1O. The van der Waals surface area contributed by atoms with Crippen LogP contribution in [0.5, 0.6) is 5.75 Å². The maximum Gasteiger partial charge on any atom is 0.151 e. The van der Waals surface area contributed by atoms with Crippen LogP contribution in [0.15, 0.2) is 27.3 Å². The Hall–Kier alpha value is -1.29. The van der Waals surface area contributed by atoms with Crippen LogP contribution in [0.1, 0.15) is 12.5 Å². The van der Waals surface area contributed by atoms with Crippen LogP contribution in [0.25, 0.3) is 11.0 Å². The molecule has 0 fully saturated rings. The molecule has 0 aliphatic carbocycles. The predicted octanol–water partition coefficient (Wildman–Crippen LogP) is 3.03. The van der Waals surface area contributed by atoms with Crippen molar-refractivity contribution in [2.45, 2.75) is 13.3 Å². The molecule has 1 aromatic carbocycles. The standard InChI is InChI=1S/C11H9BrO3/c1-6(13)4-8-5-7-2-3-15-11(7)9(12)10(8)14/h2-3,5,14H,4H2,1H3. The Kier molecular flexibility index (Phi) is 2.52. The molecule has 0 spiro atoms. The van der Waals surface area contributed by atoms with E-state index < -0.39 is 0 Å². The van der Waals surface area contributed by atoms with Crippen molar-refractivity contribution in [1.29, 1.82) is 0 Å². The van der Waals surface area contributed by atoms with E-state index in [0.717, 1.165) is 5.39 Å². The second-order valence-electron chi connectivity index (χ2n) is 3.42. The van der Waals surface area contributed by atoms with Gasteiger partial charge in [0.25, 0.3) is 0 Å². The highest BCUT2D eigenvalue weighted by Crippen LogP contribution is 2.36. The normalized spacial score (nSPS) is 10.8. The number of fused-ring (bicyclic) bond motifs is 1. The average Bonchev–Trinajstić information content (AvgIpc) is 2.61. The zero-order chi connectivity index (χ0) is 11.0. The van der Waals surface area contributed by atoms with Gasteiger partial charge in [-0.1, -0.05) is 0 Å². The largest absolute Gasteiger partial charge is 0.506 e. The van der Waals surface area contributed by atoms with E-state index in [2.05, 4.69) is 15.9 Å². The minimum Gasteiger partial charge on any atom is -0.506 e. The number of rotatable bonds is 2. The van der Waals surface area contributed by atoms with Crippen LogP contribution >= 0.6 is 15.9 Å². The lowest BCUT2D eigenvalue weighted by Gasteiger charge is -2.04. The number of aromatic hydroxyl groups is 1. The summed E-state index contributed by atoms with van der Waals surface area (Å²) in [6, 6.07) is 3.56. The number of Topliss-reactive ketones (excluding diaryl/α,β-unsaturated/α-hetero) is 1. The Morgan fingerprint density at radius 1 is 1.60 bits per heavy atom. The maximum absolute atomic E-state index is 11.0. The molecule has 3 nitrogen and oxygen atoms in total. The molecule has 0 atom stereocenters. The first kappa shape index (κ1) is 10.2. The molecule has 0 amide bonds. The van der Waals surface area contributed by atoms with Gasteiger partial charge in [-0.15, -0.1) is 0 Å². The zero-order valence-electron chi connectivity index (χ0n) is 8.08. The maximum atomic E-state index is 11.0. The molecule has 2 rings (SSSR count). The number of phenolic OH excluding ortho intramolecular Hbond substituents is 1. The third kappa shape index (κ3) is 1.77. The third-order valence-electron chi connectivity index (χ3n) is 2.18. The van der Waals surface area contributed by atoms with Gasteiger partial charge in [-0.2, -0.15) is 0 Å². The lowest BCUT2D eigenvalue weighted by atomic mass is 10.1. The zero-order valence-corrected chi connectivity index (χ0v) is 9.67. The smallest absolute Gasteiger partial charge is 0.151 e. The first-order valence-electron chi connectivity index (χ1n) is 4.46. The lowest BCUT2D eigenvalue weighted by molar-refractivity contribution is -0.116. The van der Waals surface area contributed by atoms with E-state index in [4.69, 9.17) is 4.42 Å². The van der Waals surface area contributed by atoms with Gasteiger partial charge in [0.15, 0.2) is 5.58 Å². The molecule has 2 aromatic rings. The van der Waals surface area contributed by atoms with E-state index in [9.17, 15) is 9.90 Å². The summed E-state index contributed by atoms with van der Waals surface area (Å²) in [5.74, 6) is 0.0905. The van der Waals surface area contributed by atoms with Crippen molar-refractivity contribution in [1.82, 2.24) is 0 Å². The predicted molar refractivity (Wildman–Crippen MR) is 60.0 cm³/mol. The highest BCUT2D eigenvalue weighted by Gasteiger charge is 2.13. The first-order valence-corrected chi connectivity index (χ1v) is 5.26. The van der Waals surface area contributed by atoms with Crippen molar-refractivity contribution in [3.8, 4) is 5.75 Å². The van der Waals surface area contributed by atoms with Crippen LogP contribution < -0.4 is 0 Å². The summed E-state index contributed by atoms with van der Waals surface area (Å²) in [5, 5.41) is 10.7. The number of phenols is 1. The number of ketones is 1. The van der Waals surface area contributed by atoms with Crippen LogP contribution in [0.2, 0.25) is 0 Å². The van der Waals surface area contributed by atoms with E-state index in [1.165, 1.54) is 6.92 Å². The van der Waals surface area contributed by atoms with Gasteiger partial charge in [0.2, 0.25) is 0 Å². The minimum absolute atomic E-state index is 0.0139. The molecular weight excluding hydrogens is 260 g/mol. The summed E-state index contributed by atoms with van der Waals surface area (Å²) < 4.78 is 5.70. The Morgan fingerprint density at radius 3 is 3.00 bits per heavy atom. The van der Waals surface area contributed by atoms with Crippen molar-refractivity contribution in [3.05, 3.63) is 28.4 Å². The summed E-state index contributed by atoms with van der Waals surface area (Å²) in [5.41, 5.74) is 1.21. The molecule has 0 saturated carbocycles. The molecule has 1 N–H and O–H groups in total. The summed E-state index contributed by atoms with van der Waals surface area (Å²) in [6.07, 6.45) is 1.78. The van der Waals surface area contributed by atoms with Gasteiger partial charge in [-0.25, -0.2) is 0 Å². The van der Waals surface area contributed by atoms with E-state index in [-0.39, 0.29) is 18.0 Å². The van der Waals surface area contributed by atoms with Crippen molar-refractivity contribution in [2.24, 2.45) is 0 Å². The van der Waals surface area contributed by atoms with Gasteiger partial charge in [0.05, 0.1) is 6.26 Å². The molecule has 4 heteroatoms. The number of hydrogen-bond donors (Lipinski definition) is 1. The summed E-state index contributed by atoms with van der Waals surface area (Å²) in [7, 11) is 0. The van der Waals surface area contributed by atoms with Crippen LogP contribution in [-0.2, 0) is 11.2 Å². The summed E-state index contributed by atoms with van der Waals surface area (Å²) >= 11 is 3.25. The number of carbonyl (C=O) groups is 1. The molecule has 0 aliphatic rings. The second-order valence-corrected chi connectivity index (χ2v) is 4.21. The Morgan fingerprint density at radius 2 is 2.33 bits per heavy atom. The van der Waals surface area contributed by atoms with E-state index in [1.54, 1.807) is 18.4 Å². The Balaban J connectivity index is 2.64. The van der Waals surface area contributed by atoms with Gasteiger partial charge in [-0.3, -0.25) is 4.79 Å². The molecule has 78 valence electrons. The quantitative estimate of drug-likeness (QED) is 0.911. The average molecular weight is 269 g/mol. The van der Waals surface area contributed by atoms with Crippen LogP contribution in [0.4, 0.5) is 0 Å². The lowest BCUT2D eigenvalue weighted by Crippen LogP contribution is -1.96. The molecule has 15 heavy (non-hydrogen) atoms. The minimum atomic E-state index is 0.0139. The fourth-order valence-electron chi connectivity index (χ4n) is 1.52. The molecule has 1 aromatic heterocycles. The second kappa shape index (κ2) is 3.70. The molecule has 0 aliphatic heterocycles. The molecule has 0 bridgehead atoms. The van der Waals surface area contributed by atoms with E-state index in [0.29, 0.717) is 15.6 Å². The van der Waals surface area contributed by atoms with Crippen LogP contribution in [-0.4, -0.2) is 10.9 Å². The molecule has 1 heterocycles. The highest BCUT2D eigenvalue weighted by atomic mass is 79.9. The molecular formula is C11H9BrO3. The Labute approximate surface area is 94.8 Å². The van der Waals surface area contributed by atoms with Crippen LogP contribution in [0.3, 0.4) is 0 Å². The number of benzene rings is 1. The van der Waals surface area contributed by atoms with Crippen molar-refractivity contribution >= 4 is 32.7 Å². The highest BCUT2D eigenvalue weighted by molar-refractivity contribution is 9.10.